The number of aliphatic imine (C=N–C) groups is 1. The minimum Gasteiger partial charge on any atom is -0.422 e. The van der Waals surface area contributed by atoms with Gasteiger partial charge in [0, 0.05) is 5.39 Å². The van der Waals surface area contributed by atoms with Crippen LogP contribution in [0.4, 0.5) is 5.95 Å². The van der Waals surface area contributed by atoms with Crippen molar-refractivity contribution in [2.75, 3.05) is 0 Å². The summed E-state index contributed by atoms with van der Waals surface area (Å²) in [6, 6.07) is 9.12. The smallest absolute Gasteiger partial charge is 0.345 e. The van der Waals surface area contributed by atoms with Gasteiger partial charge in [0.2, 0.25) is 5.95 Å². The molecular weight excluding hydrogens is 274 g/mol. The highest BCUT2D eigenvalue weighted by atomic mass is 32.1. The molecule has 0 saturated carbocycles. The maximum absolute atomic E-state index is 12.0. The highest BCUT2D eigenvalue weighted by Gasteiger charge is 2.08. The number of nitrogens with one attached hydrogen (secondary N) is 1. The molecule has 1 aromatic carbocycles. The first-order valence-corrected chi connectivity index (χ1v) is 6.41. The second kappa shape index (κ2) is 4.97. The molecule has 0 fully saturated rings. The minimum atomic E-state index is -0.414. The number of hydrogen-bond donors (Lipinski definition) is 2. The largest absolute Gasteiger partial charge is 0.422 e. The Morgan fingerprint density at radius 3 is 2.95 bits per heavy atom. The Kier molecular flexibility index (Phi) is 3.15. The zero-order valence-corrected chi connectivity index (χ0v) is 11.5. The lowest BCUT2D eigenvalue weighted by atomic mass is 10.1. The number of nitrogens with zero attached hydrogens (tertiary/aromatic N) is 2. The maximum atomic E-state index is 12.0. The molecular formula is C14H11N3O2S. The summed E-state index contributed by atoms with van der Waals surface area (Å²) < 4.78 is 5.27. The van der Waals surface area contributed by atoms with E-state index in [9.17, 15) is 4.79 Å². The number of imidazole rings is 1. The average Bonchev–Trinajstić information content (AvgIpc) is 2.83. The van der Waals surface area contributed by atoms with Gasteiger partial charge in [-0.3, -0.25) is 0 Å². The molecule has 0 aliphatic heterocycles. The number of hydrogen-bond acceptors (Lipinski definition) is 5. The van der Waals surface area contributed by atoms with E-state index in [-0.39, 0.29) is 0 Å². The lowest BCUT2D eigenvalue weighted by Gasteiger charge is -2.01. The van der Waals surface area contributed by atoms with E-state index in [0.29, 0.717) is 27.8 Å². The Labute approximate surface area is 119 Å². The van der Waals surface area contributed by atoms with E-state index in [1.165, 1.54) is 0 Å². The third-order valence-electron chi connectivity index (χ3n) is 2.85. The van der Waals surface area contributed by atoms with Crippen molar-refractivity contribution < 1.29 is 4.42 Å². The first-order chi connectivity index (χ1) is 9.63. The summed E-state index contributed by atoms with van der Waals surface area (Å²) in [7, 11) is 0. The van der Waals surface area contributed by atoms with Crippen molar-refractivity contribution in [3.63, 3.8) is 0 Å². The SMILES string of the molecule is C/C(=N\c1ncc(S)[nH]1)c1cc2ccccc2oc1=O. The Hall–Kier alpha value is -2.34. The minimum absolute atomic E-state index is 0.403. The zero-order chi connectivity index (χ0) is 14.1. The Bertz CT molecular complexity index is 864. The number of fused-ring (bicyclic) bond motifs is 1. The van der Waals surface area contributed by atoms with Gasteiger partial charge in [0.05, 0.1) is 22.5 Å². The van der Waals surface area contributed by atoms with E-state index in [1.54, 1.807) is 25.3 Å². The number of H-pyrrole nitrogens is 1. The van der Waals surface area contributed by atoms with Crippen LogP contribution in [0, 0.1) is 0 Å². The summed E-state index contributed by atoms with van der Waals surface area (Å²) >= 11 is 4.12. The summed E-state index contributed by atoms with van der Waals surface area (Å²) in [4.78, 5) is 23.1. The molecule has 2 heterocycles. The van der Waals surface area contributed by atoms with Crippen LogP contribution in [0.2, 0.25) is 0 Å². The molecule has 0 atom stereocenters. The number of benzene rings is 1. The second-order valence-electron chi connectivity index (χ2n) is 4.27. The molecule has 0 bridgehead atoms. The lowest BCUT2D eigenvalue weighted by Crippen LogP contribution is -2.11. The average molecular weight is 285 g/mol. The number of thiol groups is 1. The van der Waals surface area contributed by atoms with Crippen LogP contribution >= 0.6 is 12.6 Å². The summed E-state index contributed by atoms with van der Waals surface area (Å²) in [6.07, 6.45) is 1.55. The van der Waals surface area contributed by atoms with E-state index in [1.807, 2.05) is 18.2 Å². The van der Waals surface area contributed by atoms with Crippen molar-refractivity contribution in [3.8, 4) is 0 Å². The second-order valence-corrected chi connectivity index (χ2v) is 4.76. The predicted molar refractivity (Wildman–Crippen MR) is 80.2 cm³/mol. The molecule has 0 spiro atoms. The van der Waals surface area contributed by atoms with Gasteiger partial charge < -0.3 is 9.40 Å². The molecule has 3 aromatic rings. The van der Waals surface area contributed by atoms with Gasteiger partial charge in [0.15, 0.2) is 0 Å². The van der Waals surface area contributed by atoms with E-state index >= 15 is 0 Å². The molecule has 1 N–H and O–H groups in total. The monoisotopic (exact) mass is 285 g/mol. The molecule has 0 aliphatic carbocycles. The van der Waals surface area contributed by atoms with Gasteiger partial charge in [0.25, 0.3) is 0 Å². The molecule has 20 heavy (non-hydrogen) atoms. The summed E-state index contributed by atoms with van der Waals surface area (Å²) in [5.41, 5.74) is 1.10. The third-order valence-corrected chi connectivity index (χ3v) is 3.08. The third kappa shape index (κ3) is 2.37. The number of rotatable bonds is 2. The molecule has 5 nitrogen and oxygen atoms in total. The lowest BCUT2D eigenvalue weighted by molar-refractivity contribution is 0.559. The van der Waals surface area contributed by atoms with Crippen molar-refractivity contribution in [3.05, 3.63) is 52.5 Å². The molecule has 0 amide bonds. The molecule has 0 radical (unpaired) electrons. The molecule has 0 unspecified atom stereocenters. The van der Waals surface area contributed by atoms with Crippen LogP contribution in [0.5, 0.6) is 0 Å². The van der Waals surface area contributed by atoms with Crippen LogP contribution in [0.25, 0.3) is 11.0 Å². The van der Waals surface area contributed by atoms with Crippen LogP contribution in [0.3, 0.4) is 0 Å². The van der Waals surface area contributed by atoms with E-state index in [2.05, 4.69) is 27.6 Å². The van der Waals surface area contributed by atoms with Crippen LogP contribution in [0.1, 0.15) is 12.5 Å². The van der Waals surface area contributed by atoms with Gasteiger partial charge in [-0.1, -0.05) is 18.2 Å². The van der Waals surface area contributed by atoms with Gasteiger partial charge in [0.1, 0.15) is 5.58 Å². The number of aromatic nitrogens is 2. The first kappa shape index (κ1) is 12.7. The Morgan fingerprint density at radius 2 is 2.20 bits per heavy atom. The van der Waals surface area contributed by atoms with Crippen molar-refractivity contribution >= 4 is 35.3 Å². The summed E-state index contributed by atoms with van der Waals surface area (Å²) in [6.45, 7) is 1.74. The van der Waals surface area contributed by atoms with E-state index in [0.717, 1.165) is 5.39 Å². The molecule has 100 valence electrons. The van der Waals surface area contributed by atoms with Gasteiger partial charge >= 0.3 is 5.63 Å². The molecule has 0 aliphatic rings. The predicted octanol–water partition coefficient (Wildman–Crippen LogP) is 2.95. The number of para-hydroxylation sites is 1. The van der Waals surface area contributed by atoms with Crippen molar-refractivity contribution in [1.29, 1.82) is 0 Å². The van der Waals surface area contributed by atoms with Gasteiger partial charge in [-0.05, 0) is 19.1 Å². The molecule has 0 saturated heterocycles. The van der Waals surface area contributed by atoms with Gasteiger partial charge in [-0.15, -0.1) is 12.6 Å². The topological polar surface area (TPSA) is 71.2 Å². The van der Waals surface area contributed by atoms with Crippen molar-refractivity contribution in [2.24, 2.45) is 4.99 Å². The van der Waals surface area contributed by atoms with Crippen LogP contribution < -0.4 is 5.63 Å². The fraction of sp³-hybridized carbons (Fsp3) is 0.0714. The Morgan fingerprint density at radius 1 is 1.40 bits per heavy atom. The first-order valence-electron chi connectivity index (χ1n) is 5.96. The van der Waals surface area contributed by atoms with E-state index in [4.69, 9.17) is 4.42 Å². The fourth-order valence-corrected chi connectivity index (χ4v) is 2.05. The molecule has 6 heteroatoms. The normalized spacial score (nSPS) is 12.0. The van der Waals surface area contributed by atoms with Crippen LogP contribution in [0.15, 0.2) is 55.8 Å². The molecule has 2 aromatic heterocycles. The zero-order valence-electron chi connectivity index (χ0n) is 10.6. The Balaban J connectivity index is 2.11. The summed E-state index contributed by atoms with van der Waals surface area (Å²) in [5.74, 6) is 0.403. The van der Waals surface area contributed by atoms with Crippen LogP contribution in [-0.2, 0) is 0 Å². The van der Waals surface area contributed by atoms with Crippen molar-refractivity contribution in [2.45, 2.75) is 11.9 Å². The maximum Gasteiger partial charge on any atom is 0.345 e. The number of aromatic amines is 1. The van der Waals surface area contributed by atoms with E-state index < -0.39 is 5.63 Å². The standard InChI is InChI=1S/C14H11N3O2S/c1-8(16-14-15-7-12(20)17-14)10-6-9-4-2-3-5-11(9)19-13(10)18/h2-7,20H,1H3,(H,15,17)/b16-8+. The fourth-order valence-electron chi connectivity index (χ4n) is 1.89. The molecule has 3 rings (SSSR count). The highest BCUT2D eigenvalue weighted by Crippen LogP contribution is 2.15. The van der Waals surface area contributed by atoms with Gasteiger partial charge in [-0.2, -0.15) is 0 Å². The van der Waals surface area contributed by atoms with Crippen LogP contribution in [-0.4, -0.2) is 15.7 Å². The highest BCUT2D eigenvalue weighted by molar-refractivity contribution is 7.80. The summed E-state index contributed by atoms with van der Waals surface area (Å²) in [5, 5.41) is 1.47. The van der Waals surface area contributed by atoms with Crippen molar-refractivity contribution in [1.82, 2.24) is 9.97 Å². The van der Waals surface area contributed by atoms with Gasteiger partial charge in [-0.25, -0.2) is 14.8 Å². The quantitative estimate of drug-likeness (QED) is 0.432.